The Morgan fingerprint density at radius 3 is 2.22 bits per heavy atom. The summed E-state index contributed by atoms with van der Waals surface area (Å²) < 4.78 is 13.2. The minimum atomic E-state index is -0.943. The number of aryl methyl sites for hydroxylation is 1. The van der Waals surface area contributed by atoms with Gasteiger partial charge in [-0.15, -0.1) is 0 Å². The lowest BCUT2D eigenvalue weighted by Gasteiger charge is -2.33. The van der Waals surface area contributed by atoms with Gasteiger partial charge in [0.05, 0.1) is 12.0 Å². The Hall–Kier alpha value is -3.26. The maximum absolute atomic E-state index is 13.4. The summed E-state index contributed by atoms with van der Waals surface area (Å²) in [5.41, 5.74) is 3.36. The molecule has 3 rings (SSSR count). The average Bonchev–Trinajstić information content (AvgIpc) is 3.13. The van der Waals surface area contributed by atoms with Crippen LogP contribution in [0.25, 0.3) is 11.1 Å². The summed E-state index contributed by atoms with van der Waals surface area (Å²) in [4.78, 5) is 41.4. The van der Waals surface area contributed by atoms with E-state index in [0.717, 1.165) is 16.7 Å². The Morgan fingerprint density at radius 2 is 1.67 bits per heavy atom. The van der Waals surface area contributed by atoms with E-state index < -0.39 is 11.3 Å². The average molecular weight is 498 g/mol. The second-order valence-electron chi connectivity index (χ2n) is 10.6. The quantitative estimate of drug-likeness (QED) is 0.402. The summed E-state index contributed by atoms with van der Waals surface area (Å²) in [6.07, 6.45) is 2.19. The van der Waals surface area contributed by atoms with Gasteiger partial charge in [0.15, 0.2) is 0 Å². The first-order valence-corrected chi connectivity index (χ1v) is 12.3. The van der Waals surface area contributed by atoms with Crippen molar-refractivity contribution < 1.29 is 24.0 Å². The molecule has 2 aromatic rings. The van der Waals surface area contributed by atoms with Gasteiger partial charge in [0.1, 0.15) is 5.82 Å². The molecule has 1 aliphatic rings. The van der Waals surface area contributed by atoms with E-state index >= 15 is 0 Å². The first kappa shape index (κ1) is 27.3. The lowest BCUT2D eigenvalue weighted by molar-refractivity contribution is -0.146. The monoisotopic (exact) mass is 497 g/mol. The summed E-state index contributed by atoms with van der Waals surface area (Å²) in [6, 6.07) is 14.3. The summed E-state index contributed by atoms with van der Waals surface area (Å²) in [7, 11) is 1.72. The number of carbonyl (C=O) groups is 3. The van der Waals surface area contributed by atoms with Crippen molar-refractivity contribution >= 4 is 17.7 Å². The minimum Gasteiger partial charge on any atom is -0.339 e. The number of hydrogen-bond acceptors (Lipinski definition) is 4. The maximum atomic E-state index is 13.4. The van der Waals surface area contributed by atoms with Gasteiger partial charge < -0.3 is 9.80 Å². The van der Waals surface area contributed by atoms with Crippen molar-refractivity contribution in [3.63, 3.8) is 0 Å². The number of amides is 3. The SMILES string of the molecule is CN(C(=O)CN1CCC(CCCc2ccc(-c3ccc(F)cc3)cc2)(CC(=O)NO)C1=O)C(C)(C)C. The molecule has 194 valence electrons. The highest BCUT2D eigenvalue weighted by molar-refractivity contribution is 5.93. The molecule has 0 radical (unpaired) electrons. The Morgan fingerprint density at radius 1 is 1.08 bits per heavy atom. The topological polar surface area (TPSA) is 90.0 Å². The van der Waals surface area contributed by atoms with Gasteiger partial charge in [-0.05, 0) is 75.3 Å². The highest BCUT2D eigenvalue weighted by Gasteiger charge is 2.48. The van der Waals surface area contributed by atoms with Gasteiger partial charge in [0, 0.05) is 25.6 Å². The second kappa shape index (κ2) is 11.2. The summed E-state index contributed by atoms with van der Waals surface area (Å²) in [5, 5.41) is 9.10. The standard InChI is InChI=1S/C28H36FN3O4/c1-27(2,3)31(4)25(34)19-32-17-16-28(26(32)35,18-24(33)30-36)15-5-6-20-7-9-21(10-8-20)22-11-13-23(29)14-12-22/h7-14,36H,5-6,15-19H2,1-4H3,(H,30,33). The summed E-state index contributed by atoms with van der Waals surface area (Å²) >= 11 is 0. The van der Waals surface area contributed by atoms with Gasteiger partial charge in [-0.3, -0.25) is 19.6 Å². The number of hydroxylamine groups is 1. The third-order valence-electron chi connectivity index (χ3n) is 7.18. The molecule has 36 heavy (non-hydrogen) atoms. The molecule has 1 fully saturated rings. The van der Waals surface area contributed by atoms with Crippen LogP contribution in [0.15, 0.2) is 48.5 Å². The molecule has 1 atom stereocenters. The number of rotatable bonds is 9. The Kier molecular flexibility index (Phi) is 8.51. The molecule has 1 heterocycles. The second-order valence-corrected chi connectivity index (χ2v) is 10.6. The number of halogens is 1. The zero-order chi connectivity index (χ0) is 26.5. The first-order valence-electron chi connectivity index (χ1n) is 12.3. The van der Waals surface area contributed by atoms with Crippen LogP contribution in [-0.4, -0.2) is 58.4 Å². The smallest absolute Gasteiger partial charge is 0.244 e. The number of nitrogens with one attached hydrogen (secondary N) is 1. The molecule has 7 nitrogen and oxygen atoms in total. The number of nitrogens with zero attached hydrogens (tertiary/aromatic N) is 2. The molecular formula is C28H36FN3O4. The minimum absolute atomic E-state index is 0.0278. The van der Waals surface area contributed by atoms with Crippen molar-refractivity contribution in [3.8, 4) is 11.1 Å². The fraction of sp³-hybridized carbons (Fsp3) is 0.464. The van der Waals surface area contributed by atoms with E-state index in [0.29, 0.717) is 32.2 Å². The van der Waals surface area contributed by atoms with E-state index in [1.54, 1.807) is 29.6 Å². The van der Waals surface area contributed by atoms with Crippen LogP contribution in [-0.2, 0) is 20.8 Å². The van der Waals surface area contributed by atoms with Gasteiger partial charge in [-0.1, -0.05) is 36.4 Å². The predicted molar refractivity (Wildman–Crippen MR) is 135 cm³/mol. The van der Waals surface area contributed by atoms with Gasteiger partial charge in [0.2, 0.25) is 17.7 Å². The molecule has 0 spiro atoms. The number of carbonyl (C=O) groups excluding carboxylic acids is 3. The molecule has 1 aliphatic heterocycles. The van der Waals surface area contributed by atoms with Crippen LogP contribution in [0.1, 0.15) is 52.0 Å². The number of hydrogen-bond donors (Lipinski definition) is 2. The van der Waals surface area contributed by atoms with E-state index in [-0.39, 0.29) is 36.1 Å². The van der Waals surface area contributed by atoms with Crippen molar-refractivity contribution in [3.05, 3.63) is 59.9 Å². The zero-order valence-electron chi connectivity index (χ0n) is 21.5. The number of benzene rings is 2. The van der Waals surface area contributed by atoms with Crippen molar-refractivity contribution in [2.24, 2.45) is 5.41 Å². The lowest BCUT2D eigenvalue weighted by Crippen LogP contribution is -2.48. The Balaban J connectivity index is 1.65. The van der Waals surface area contributed by atoms with Crippen LogP contribution < -0.4 is 5.48 Å². The third-order valence-corrected chi connectivity index (χ3v) is 7.18. The van der Waals surface area contributed by atoms with Crippen LogP contribution >= 0.6 is 0 Å². The molecule has 0 bridgehead atoms. The lowest BCUT2D eigenvalue weighted by atomic mass is 9.77. The number of likely N-dealkylation sites (N-methyl/N-ethyl adjacent to an activating group) is 1. The van der Waals surface area contributed by atoms with Crippen molar-refractivity contribution in [1.29, 1.82) is 0 Å². The third kappa shape index (κ3) is 6.49. The Bertz CT molecular complexity index is 1080. The Labute approximate surface area is 212 Å². The van der Waals surface area contributed by atoms with Crippen LogP contribution in [0.5, 0.6) is 0 Å². The van der Waals surface area contributed by atoms with E-state index in [4.69, 9.17) is 5.21 Å². The van der Waals surface area contributed by atoms with E-state index in [1.807, 2.05) is 45.0 Å². The van der Waals surface area contributed by atoms with Crippen LogP contribution in [0.4, 0.5) is 4.39 Å². The van der Waals surface area contributed by atoms with Crippen molar-refractivity contribution in [2.75, 3.05) is 20.1 Å². The molecule has 8 heteroatoms. The highest BCUT2D eigenvalue weighted by Crippen LogP contribution is 2.40. The van der Waals surface area contributed by atoms with E-state index in [2.05, 4.69) is 0 Å². The fourth-order valence-electron chi connectivity index (χ4n) is 4.66. The van der Waals surface area contributed by atoms with Crippen LogP contribution in [0.2, 0.25) is 0 Å². The molecule has 2 aromatic carbocycles. The summed E-state index contributed by atoms with van der Waals surface area (Å²) in [6.45, 7) is 6.16. The first-order chi connectivity index (χ1) is 16.9. The van der Waals surface area contributed by atoms with Crippen LogP contribution in [0, 0.1) is 11.2 Å². The van der Waals surface area contributed by atoms with E-state index in [1.165, 1.54) is 17.0 Å². The molecule has 2 N–H and O–H groups in total. The fourth-order valence-corrected chi connectivity index (χ4v) is 4.66. The molecule has 1 saturated heterocycles. The highest BCUT2D eigenvalue weighted by atomic mass is 19.1. The van der Waals surface area contributed by atoms with Crippen molar-refractivity contribution in [2.45, 2.75) is 58.4 Å². The molecule has 1 unspecified atom stereocenters. The molecule has 0 aromatic heterocycles. The largest absolute Gasteiger partial charge is 0.339 e. The maximum Gasteiger partial charge on any atom is 0.244 e. The zero-order valence-corrected chi connectivity index (χ0v) is 21.5. The normalized spacial score (nSPS) is 17.8. The van der Waals surface area contributed by atoms with Gasteiger partial charge >= 0.3 is 0 Å². The molecular weight excluding hydrogens is 461 g/mol. The van der Waals surface area contributed by atoms with Gasteiger partial charge in [-0.25, -0.2) is 9.87 Å². The molecule has 3 amide bonds. The number of likely N-dealkylation sites (tertiary alicyclic amines) is 1. The summed E-state index contributed by atoms with van der Waals surface area (Å²) in [5.74, 6) is -1.25. The molecule has 0 aliphatic carbocycles. The van der Waals surface area contributed by atoms with Gasteiger partial charge in [-0.2, -0.15) is 0 Å². The molecule has 0 saturated carbocycles. The van der Waals surface area contributed by atoms with E-state index in [9.17, 15) is 18.8 Å². The van der Waals surface area contributed by atoms with Gasteiger partial charge in [0.25, 0.3) is 0 Å². The van der Waals surface area contributed by atoms with Crippen molar-refractivity contribution in [1.82, 2.24) is 15.3 Å². The predicted octanol–water partition coefficient (Wildman–Crippen LogP) is 4.19. The van der Waals surface area contributed by atoms with Crippen LogP contribution in [0.3, 0.4) is 0 Å².